The lowest BCUT2D eigenvalue weighted by Gasteiger charge is -2.60. The summed E-state index contributed by atoms with van der Waals surface area (Å²) in [5, 5.41) is 10.2. The maximum atomic E-state index is 13.0. The summed E-state index contributed by atoms with van der Waals surface area (Å²) in [5.41, 5.74) is 0.693. The Morgan fingerprint density at radius 2 is 1.67 bits per heavy atom. The number of carbonyl (C=O) groups excluding carboxylic acids is 1. The molecule has 4 saturated carbocycles. The van der Waals surface area contributed by atoms with Crippen LogP contribution in [0.3, 0.4) is 0 Å². The molecule has 0 amide bonds. The first-order valence-corrected chi connectivity index (χ1v) is 11.6. The van der Waals surface area contributed by atoms with Crippen LogP contribution >= 0.6 is 0 Å². The highest BCUT2D eigenvalue weighted by Gasteiger charge is 2.60. The summed E-state index contributed by atoms with van der Waals surface area (Å²) in [5.74, 6) is 3.99. The number of Topliss-reactive ketones (excluding diaryl/α,β-unsaturated/α-hetero) is 1. The van der Waals surface area contributed by atoms with Gasteiger partial charge in [0.15, 0.2) is 0 Å². The van der Waals surface area contributed by atoms with Crippen LogP contribution in [0, 0.1) is 40.4 Å². The van der Waals surface area contributed by atoms with Crippen molar-refractivity contribution >= 4 is 5.78 Å². The zero-order chi connectivity index (χ0) is 19.4. The monoisotopic (exact) mass is 375 g/mol. The molecule has 1 N–H and O–H groups in total. The number of aliphatic hydroxyl groups excluding tert-OH is 1. The van der Waals surface area contributed by atoms with E-state index in [0.29, 0.717) is 17.1 Å². The molecule has 27 heavy (non-hydrogen) atoms. The molecule has 4 fully saturated rings. The van der Waals surface area contributed by atoms with E-state index in [2.05, 4.69) is 32.8 Å². The number of ketones is 1. The average Bonchev–Trinajstić information content (AvgIpc) is 2.97. The lowest BCUT2D eigenvalue weighted by Crippen LogP contribution is -2.54. The van der Waals surface area contributed by atoms with E-state index >= 15 is 0 Å². The lowest BCUT2D eigenvalue weighted by atomic mass is 9.44. The topological polar surface area (TPSA) is 40.5 Å². The average molecular weight is 376 g/mol. The molecule has 0 bridgehead atoms. The Hall–Kier alpha value is -0.410. The number of fused-ring (bicyclic) bond motifs is 5. The van der Waals surface area contributed by atoms with E-state index in [-0.39, 0.29) is 11.5 Å². The molecule has 4 aliphatic rings. The quantitative estimate of drug-likeness (QED) is 0.785. The normalized spacial score (nSPS) is 49.4. The molecule has 0 aromatic rings. The van der Waals surface area contributed by atoms with Crippen LogP contribution < -0.4 is 0 Å². The Morgan fingerprint density at radius 3 is 2.41 bits per heavy atom. The van der Waals surface area contributed by atoms with Gasteiger partial charge in [0.05, 0.1) is 6.10 Å². The molecular weight excluding hydrogens is 334 g/mol. The smallest absolute Gasteiger partial charge is 0.137 e. The summed E-state index contributed by atoms with van der Waals surface area (Å²) in [6.45, 7) is 5.92. The van der Waals surface area contributed by atoms with Gasteiger partial charge in [0, 0.05) is 18.9 Å². The van der Waals surface area contributed by atoms with Crippen LogP contribution in [0.2, 0.25) is 0 Å². The number of hydrogen-bond acceptors (Lipinski definition) is 3. The van der Waals surface area contributed by atoms with Crippen LogP contribution in [0.15, 0.2) is 0 Å². The van der Waals surface area contributed by atoms with E-state index in [4.69, 9.17) is 0 Å². The molecule has 0 aromatic carbocycles. The third-order valence-electron chi connectivity index (χ3n) is 9.83. The molecule has 0 saturated heterocycles. The lowest BCUT2D eigenvalue weighted by molar-refractivity contribution is -0.139. The maximum absolute atomic E-state index is 13.0. The van der Waals surface area contributed by atoms with Gasteiger partial charge < -0.3 is 10.0 Å². The van der Waals surface area contributed by atoms with Crippen LogP contribution in [-0.4, -0.2) is 42.5 Å². The van der Waals surface area contributed by atoms with Crippen LogP contribution in [0.5, 0.6) is 0 Å². The van der Waals surface area contributed by atoms with E-state index in [9.17, 15) is 9.90 Å². The molecule has 0 heterocycles. The minimum absolute atomic E-state index is 0.0568. The Balaban J connectivity index is 1.51. The minimum atomic E-state index is -0.0568. The molecule has 4 rings (SSSR count). The highest BCUT2D eigenvalue weighted by atomic mass is 16.3. The second-order valence-corrected chi connectivity index (χ2v) is 11.3. The van der Waals surface area contributed by atoms with Gasteiger partial charge in [0.25, 0.3) is 0 Å². The zero-order valence-electron chi connectivity index (χ0n) is 18.0. The first-order valence-electron chi connectivity index (χ1n) is 11.6. The number of aliphatic hydroxyl groups is 1. The predicted octanol–water partition coefficient (Wildman–Crippen LogP) is 4.53. The molecule has 0 unspecified atom stereocenters. The van der Waals surface area contributed by atoms with Crippen molar-refractivity contribution in [3.8, 4) is 0 Å². The summed E-state index contributed by atoms with van der Waals surface area (Å²) in [6.07, 6.45) is 11.6. The standard InChI is InChI=1S/C24H41NO2/c1-23-12-9-17(26)15-16(23)5-6-18-19-7-8-21(22(27)11-14-25(3)4)24(19,2)13-10-20(18)23/h16-21,26H,5-15H2,1-4H3/t16-,17-,18+,19+,20+,21-,23+,24+/m1/s1. The molecule has 3 nitrogen and oxygen atoms in total. The number of rotatable bonds is 4. The molecule has 3 heteroatoms. The van der Waals surface area contributed by atoms with Gasteiger partial charge in [-0.2, -0.15) is 0 Å². The minimum Gasteiger partial charge on any atom is -0.393 e. The highest BCUT2D eigenvalue weighted by molar-refractivity contribution is 5.82. The fourth-order valence-electron chi connectivity index (χ4n) is 8.27. The first kappa shape index (κ1) is 19.9. The van der Waals surface area contributed by atoms with E-state index in [1.54, 1.807) is 0 Å². The second-order valence-electron chi connectivity index (χ2n) is 11.3. The molecule has 0 aliphatic heterocycles. The van der Waals surface area contributed by atoms with Crippen molar-refractivity contribution in [2.45, 2.75) is 84.2 Å². The third-order valence-corrected chi connectivity index (χ3v) is 9.83. The third kappa shape index (κ3) is 3.21. The van der Waals surface area contributed by atoms with Crippen LogP contribution in [-0.2, 0) is 4.79 Å². The summed E-state index contributed by atoms with van der Waals surface area (Å²) in [7, 11) is 4.13. The predicted molar refractivity (Wildman–Crippen MR) is 109 cm³/mol. The Kier molecular flexibility index (Phi) is 5.25. The van der Waals surface area contributed by atoms with Gasteiger partial charge in [-0.05, 0) is 106 Å². The Labute approximate surface area is 166 Å². The first-order chi connectivity index (χ1) is 12.8. The van der Waals surface area contributed by atoms with Gasteiger partial charge in [-0.1, -0.05) is 13.8 Å². The van der Waals surface area contributed by atoms with Crippen LogP contribution in [0.1, 0.15) is 78.1 Å². The molecule has 4 aliphatic carbocycles. The number of carbonyl (C=O) groups is 1. The van der Waals surface area contributed by atoms with Gasteiger partial charge in [-0.25, -0.2) is 0 Å². The highest BCUT2D eigenvalue weighted by Crippen LogP contribution is 2.67. The van der Waals surface area contributed by atoms with Crippen molar-refractivity contribution in [1.29, 1.82) is 0 Å². The van der Waals surface area contributed by atoms with Crippen LogP contribution in [0.4, 0.5) is 0 Å². The summed E-state index contributed by atoms with van der Waals surface area (Å²) in [6, 6.07) is 0. The second kappa shape index (κ2) is 7.13. The summed E-state index contributed by atoms with van der Waals surface area (Å²) < 4.78 is 0. The van der Waals surface area contributed by atoms with Gasteiger partial charge in [-0.15, -0.1) is 0 Å². The maximum Gasteiger partial charge on any atom is 0.137 e. The Bertz CT molecular complexity index is 575. The van der Waals surface area contributed by atoms with E-state index < -0.39 is 0 Å². The van der Waals surface area contributed by atoms with Crippen LogP contribution in [0.25, 0.3) is 0 Å². The van der Waals surface area contributed by atoms with Gasteiger partial charge >= 0.3 is 0 Å². The molecule has 0 spiro atoms. The number of nitrogens with zero attached hydrogens (tertiary/aromatic N) is 1. The van der Waals surface area contributed by atoms with E-state index in [0.717, 1.165) is 55.9 Å². The van der Waals surface area contributed by atoms with Crippen molar-refractivity contribution in [1.82, 2.24) is 4.90 Å². The van der Waals surface area contributed by atoms with E-state index in [1.807, 2.05) is 0 Å². The van der Waals surface area contributed by atoms with Crippen molar-refractivity contribution in [2.24, 2.45) is 40.4 Å². The summed E-state index contributed by atoms with van der Waals surface area (Å²) in [4.78, 5) is 15.2. The van der Waals surface area contributed by atoms with Gasteiger partial charge in [0.2, 0.25) is 0 Å². The fourth-order valence-corrected chi connectivity index (χ4v) is 8.27. The van der Waals surface area contributed by atoms with Crippen molar-refractivity contribution in [2.75, 3.05) is 20.6 Å². The van der Waals surface area contributed by atoms with Gasteiger partial charge in [-0.3, -0.25) is 4.79 Å². The van der Waals surface area contributed by atoms with Crippen molar-refractivity contribution in [3.63, 3.8) is 0 Å². The largest absolute Gasteiger partial charge is 0.393 e. The zero-order valence-corrected chi connectivity index (χ0v) is 18.0. The van der Waals surface area contributed by atoms with E-state index in [1.165, 1.54) is 38.5 Å². The number of hydrogen-bond donors (Lipinski definition) is 1. The van der Waals surface area contributed by atoms with Crippen molar-refractivity contribution in [3.05, 3.63) is 0 Å². The molecule has 8 atom stereocenters. The molecule has 0 radical (unpaired) electrons. The molecular formula is C24H41NO2. The Morgan fingerprint density at radius 1 is 0.963 bits per heavy atom. The SMILES string of the molecule is CN(C)CCC(=O)[C@H]1CC[C@H]2[C@@H]3CC[C@@H]4C[C@H](O)CC[C@]4(C)[C@H]3CC[C@]12C. The van der Waals surface area contributed by atoms with Gasteiger partial charge in [0.1, 0.15) is 5.78 Å². The molecule has 154 valence electrons. The fraction of sp³-hybridized carbons (Fsp3) is 0.958. The molecule has 0 aromatic heterocycles. The van der Waals surface area contributed by atoms with Crippen molar-refractivity contribution < 1.29 is 9.90 Å². The summed E-state index contributed by atoms with van der Waals surface area (Å²) >= 11 is 0.